The average Bonchev–Trinajstić information content (AvgIpc) is 2.85. The Kier molecular flexibility index (Phi) is 6.19. The van der Waals surface area contributed by atoms with Crippen LogP contribution in [0.25, 0.3) is 0 Å². The van der Waals surface area contributed by atoms with Gasteiger partial charge in [0.05, 0.1) is 0 Å². The van der Waals surface area contributed by atoms with Gasteiger partial charge in [0.15, 0.2) is 0 Å². The topological polar surface area (TPSA) is 17.1 Å². The van der Waals surface area contributed by atoms with Crippen molar-refractivity contribution in [2.45, 2.75) is 67.2 Å². The Morgan fingerprint density at radius 1 is 1.14 bits per heavy atom. The lowest BCUT2D eigenvalue weighted by Gasteiger charge is -2.35. The molecule has 1 aromatic carbocycles. The number of carbonyl (C=O) groups excluding carboxylic acids is 1. The van der Waals surface area contributed by atoms with Crippen molar-refractivity contribution >= 4 is 5.78 Å². The lowest BCUT2D eigenvalue weighted by molar-refractivity contribution is -0.129. The van der Waals surface area contributed by atoms with E-state index in [0.29, 0.717) is 17.1 Å². The Bertz CT molecular complexity index is 446. The summed E-state index contributed by atoms with van der Waals surface area (Å²) in [5.74, 6) is 1.23. The minimum Gasteiger partial charge on any atom is -0.299 e. The summed E-state index contributed by atoms with van der Waals surface area (Å²) in [6, 6.07) is 10.3. The molecule has 1 nitrogen and oxygen atoms in total. The average molecular weight is 288 g/mol. The molecule has 2 aliphatic rings. The van der Waals surface area contributed by atoms with E-state index in [2.05, 4.69) is 39.8 Å². The van der Waals surface area contributed by atoms with E-state index >= 15 is 0 Å². The number of aryl methyl sites for hydroxylation is 1. The standard InChI is InChI=1S/C11H18O.C7H8.C2H6/c1-4-11-6-5-8(7-9(11)12)10(11,2)3;1-7-5-3-2-4-6-7;1-2/h8H,4-7H2,1-3H3;2-6H,1H3;1-2H3. The first-order valence-electron chi connectivity index (χ1n) is 8.49. The number of benzene rings is 1. The third-order valence-corrected chi connectivity index (χ3v) is 5.68. The molecule has 2 bridgehead atoms. The maximum absolute atomic E-state index is 11.8. The van der Waals surface area contributed by atoms with Crippen LogP contribution in [0.3, 0.4) is 0 Å². The Morgan fingerprint density at radius 2 is 1.71 bits per heavy atom. The van der Waals surface area contributed by atoms with Crippen molar-refractivity contribution in [3.05, 3.63) is 35.9 Å². The van der Waals surface area contributed by atoms with E-state index in [-0.39, 0.29) is 5.41 Å². The van der Waals surface area contributed by atoms with Crippen molar-refractivity contribution in [2.75, 3.05) is 0 Å². The van der Waals surface area contributed by atoms with Crippen molar-refractivity contribution < 1.29 is 4.79 Å². The highest BCUT2D eigenvalue weighted by atomic mass is 16.1. The van der Waals surface area contributed by atoms with E-state index in [4.69, 9.17) is 0 Å². The third-order valence-electron chi connectivity index (χ3n) is 5.68. The van der Waals surface area contributed by atoms with Crippen LogP contribution in [-0.2, 0) is 4.79 Å². The number of Topliss-reactive ketones (excluding diaryl/α,β-unsaturated/α-hetero) is 1. The number of rotatable bonds is 1. The van der Waals surface area contributed by atoms with Gasteiger partial charge in [-0.25, -0.2) is 0 Å². The van der Waals surface area contributed by atoms with Crippen LogP contribution in [-0.4, -0.2) is 5.78 Å². The molecule has 0 aliphatic heterocycles. The van der Waals surface area contributed by atoms with Gasteiger partial charge in [-0.05, 0) is 37.5 Å². The van der Waals surface area contributed by atoms with E-state index in [1.165, 1.54) is 12.0 Å². The van der Waals surface area contributed by atoms with E-state index in [1.807, 2.05) is 32.0 Å². The van der Waals surface area contributed by atoms with Crippen LogP contribution in [0.1, 0.15) is 65.9 Å². The molecule has 2 aliphatic carbocycles. The number of carbonyl (C=O) groups is 1. The zero-order chi connectivity index (χ0) is 16.1. The van der Waals surface area contributed by atoms with Crippen LogP contribution >= 0.6 is 0 Å². The smallest absolute Gasteiger partial charge is 0.139 e. The zero-order valence-corrected chi connectivity index (χ0v) is 14.7. The summed E-state index contributed by atoms with van der Waals surface area (Å²) in [5, 5.41) is 0. The SMILES string of the molecule is CC.CCC12CCC(CC1=O)C2(C)C.Cc1ccccc1. The number of ketones is 1. The van der Waals surface area contributed by atoms with E-state index in [1.54, 1.807) is 0 Å². The largest absolute Gasteiger partial charge is 0.299 e. The molecule has 2 saturated carbocycles. The second-order valence-corrected chi connectivity index (χ2v) is 6.67. The summed E-state index contributed by atoms with van der Waals surface area (Å²) >= 11 is 0. The van der Waals surface area contributed by atoms with Gasteiger partial charge >= 0.3 is 0 Å². The molecule has 118 valence electrons. The first-order chi connectivity index (χ1) is 9.94. The van der Waals surface area contributed by atoms with Crippen molar-refractivity contribution in [3.8, 4) is 0 Å². The molecule has 0 amide bonds. The van der Waals surface area contributed by atoms with Gasteiger partial charge in [-0.15, -0.1) is 0 Å². The molecule has 0 aromatic heterocycles. The molecule has 2 unspecified atom stereocenters. The van der Waals surface area contributed by atoms with E-state index < -0.39 is 0 Å². The minimum atomic E-state index is 0.0671. The number of hydrogen-bond acceptors (Lipinski definition) is 1. The highest BCUT2D eigenvalue weighted by Gasteiger charge is 2.62. The van der Waals surface area contributed by atoms with Gasteiger partial charge in [0.1, 0.15) is 5.78 Å². The van der Waals surface area contributed by atoms with E-state index in [9.17, 15) is 4.79 Å². The van der Waals surface area contributed by atoms with Crippen LogP contribution in [0.15, 0.2) is 30.3 Å². The molecule has 0 radical (unpaired) electrons. The molecule has 0 spiro atoms. The molecule has 21 heavy (non-hydrogen) atoms. The molecule has 2 fully saturated rings. The molecule has 1 heteroatoms. The quantitative estimate of drug-likeness (QED) is 0.637. The molecular formula is C20H32O. The minimum absolute atomic E-state index is 0.0671. The fourth-order valence-electron chi connectivity index (χ4n) is 4.13. The Hall–Kier alpha value is -1.11. The summed E-state index contributed by atoms with van der Waals surface area (Å²) in [5.41, 5.74) is 1.68. The Morgan fingerprint density at radius 3 is 1.95 bits per heavy atom. The normalized spacial score (nSPS) is 28.3. The molecule has 1 aromatic rings. The molecule has 2 atom stereocenters. The number of fused-ring (bicyclic) bond motifs is 2. The van der Waals surface area contributed by atoms with Crippen LogP contribution in [0.2, 0.25) is 0 Å². The molecule has 0 heterocycles. The lowest BCUT2D eigenvalue weighted by Crippen LogP contribution is -2.34. The van der Waals surface area contributed by atoms with E-state index in [0.717, 1.165) is 19.3 Å². The van der Waals surface area contributed by atoms with Gasteiger partial charge in [0, 0.05) is 11.8 Å². The summed E-state index contributed by atoms with van der Waals surface area (Å²) in [4.78, 5) is 11.8. The van der Waals surface area contributed by atoms with Gasteiger partial charge in [0.25, 0.3) is 0 Å². The maximum Gasteiger partial charge on any atom is 0.139 e. The molecule has 0 saturated heterocycles. The summed E-state index contributed by atoms with van der Waals surface area (Å²) in [6.07, 6.45) is 4.35. The Labute approximate surface area is 131 Å². The van der Waals surface area contributed by atoms with Crippen molar-refractivity contribution in [1.82, 2.24) is 0 Å². The van der Waals surface area contributed by atoms with Gasteiger partial charge in [-0.3, -0.25) is 4.79 Å². The van der Waals surface area contributed by atoms with Crippen LogP contribution < -0.4 is 0 Å². The second kappa shape index (κ2) is 7.24. The summed E-state index contributed by atoms with van der Waals surface area (Å²) in [6.45, 7) is 12.8. The third kappa shape index (κ3) is 3.22. The first-order valence-corrected chi connectivity index (χ1v) is 8.49. The van der Waals surface area contributed by atoms with Crippen molar-refractivity contribution in [2.24, 2.45) is 16.7 Å². The number of hydrogen-bond donors (Lipinski definition) is 0. The predicted octanol–water partition coefficient (Wildman–Crippen LogP) is 5.81. The first kappa shape index (κ1) is 17.9. The van der Waals surface area contributed by atoms with Crippen LogP contribution in [0, 0.1) is 23.7 Å². The Balaban J connectivity index is 0.000000210. The highest BCUT2D eigenvalue weighted by Crippen LogP contribution is 2.65. The zero-order valence-electron chi connectivity index (χ0n) is 14.7. The predicted molar refractivity (Wildman–Crippen MR) is 91.4 cm³/mol. The summed E-state index contributed by atoms with van der Waals surface area (Å²) in [7, 11) is 0. The fourth-order valence-corrected chi connectivity index (χ4v) is 4.13. The van der Waals surface area contributed by atoms with Gasteiger partial charge in [-0.1, -0.05) is 70.5 Å². The molecule has 0 N–H and O–H groups in total. The maximum atomic E-state index is 11.8. The van der Waals surface area contributed by atoms with Gasteiger partial charge < -0.3 is 0 Å². The van der Waals surface area contributed by atoms with Crippen LogP contribution in [0.4, 0.5) is 0 Å². The highest BCUT2D eigenvalue weighted by molar-refractivity contribution is 5.89. The van der Waals surface area contributed by atoms with Gasteiger partial charge in [-0.2, -0.15) is 0 Å². The molecule has 3 rings (SSSR count). The van der Waals surface area contributed by atoms with Crippen LogP contribution in [0.5, 0.6) is 0 Å². The molecular weight excluding hydrogens is 256 g/mol. The van der Waals surface area contributed by atoms with Crippen molar-refractivity contribution in [3.63, 3.8) is 0 Å². The van der Waals surface area contributed by atoms with Crippen molar-refractivity contribution in [1.29, 1.82) is 0 Å². The second-order valence-electron chi connectivity index (χ2n) is 6.67. The van der Waals surface area contributed by atoms with Gasteiger partial charge in [0.2, 0.25) is 0 Å². The summed E-state index contributed by atoms with van der Waals surface area (Å²) < 4.78 is 0. The monoisotopic (exact) mass is 288 g/mol. The fraction of sp³-hybridized carbons (Fsp3) is 0.650. The lowest BCUT2D eigenvalue weighted by atomic mass is 9.67.